The molecule has 0 bridgehead atoms. The third-order valence-corrected chi connectivity index (χ3v) is 10.4. The van der Waals surface area contributed by atoms with Gasteiger partial charge < -0.3 is 30.4 Å². The molecule has 0 aliphatic heterocycles. The molecule has 312 valence electrons. The second kappa shape index (κ2) is 20.2. The Kier molecular flexibility index (Phi) is 16.6. The van der Waals surface area contributed by atoms with Crippen molar-refractivity contribution in [2.24, 2.45) is 11.7 Å². The summed E-state index contributed by atoms with van der Waals surface area (Å²) in [5, 5.41) is 14.4. The molecule has 0 unspecified atom stereocenters. The topological polar surface area (TPSA) is 227 Å². The number of hydrogen-bond donors (Lipinski definition) is 3. The predicted molar refractivity (Wildman–Crippen MR) is 207 cm³/mol. The van der Waals surface area contributed by atoms with Crippen molar-refractivity contribution < 1.29 is 51.7 Å². The number of aliphatic hydroxyl groups excluding tert-OH is 1. The van der Waals surface area contributed by atoms with Gasteiger partial charge in [-0.1, -0.05) is 62.4 Å². The van der Waals surface area contributed by atoms with Crippen LogP contribution in [-0.4, -0.2) is 111 Å². The lowest BCUT2D eigenvalue weighted by Crippen LogP contribution is -2.62. The first kappa shape index (κ1) is 46.0. The van der Waals surface area contributed by atoms with Crippen LogP contribution in [0.15, 0.2) is 42.9 Å². The summed E-state index contributed by atoms with van der Waals surface area (Å²) in [6, 6.07) is 4.34. The van der Waals surface area contributed by atoms with Gasteiger partial charge in [-0.2, -0.15) is 0 Å². The molecule has 3 rings (SSSR count). The molecule has 16 nitrogen and oxygen atoms in total. The Morgan fingerprint density at radius 1 is 0.964 bits per heavy atom. The fraction of sp³-hybridized carbons (Fsp3) is 0.641. The van der Waals surface area contributed by atoms with Gasteiger partial charge >= 0.3 is 18.2 Å². The van der Waals surface area contributed by atoms with E-state index in [-0.39, 0.29) is 37.5 Å². The molecule has 1 saturated carbocycles. The van der Waals surface area contributed by atoms with Crippen LogP contribution in [0.25, 0.3) is 0 Å². The van der Waals surface area contributed by atoms with E-state index in [2.05, 4.69) is 10.3 Å². The summed E-state index contributed by atoms with van der Waals surface area (Å²) in [6.45, 7) is 11.5. The number of esters is 1. The maximum Gasteiger partial charge on any atom is 0.419 e. The largest absolute Gasteiger partial charge is 0.465 e. The minimum absolute atomic E-state index is 0.0259. The molecular weight excluding hydrogens is 747 g/mol. The smallest absolute Gasteiger partial charge is 0.419 e. The first-order valence-corrected chi connectivity index (χ1v) is 20.9. The Labute approximate surface area is 329 Å². The van der Waals surface area contributed by atoms with E-state index in [0.717, 1.165) is 28.7 Å². The highest BCUT2D eigenvalue weighted by Crippen LogP contribution is 2.31. The van der Waals surface area contributed by atoms with Gasteiger partial charge in [0.2, 0.25) is 5.91 Å². The minimum Gasteiger partial charge on any atom is -0.465 e. The van der Waals surface area contributed by atoms with Crippen LogP contribution < -0.4 is 11.1 Å². The fourth-order valence-corrected chi connectivity index (χ4v) is 7.79. The lowest BCUT2D eigenvalue weighted by atomic mass is 9.83. The molecule has 1 aliphatic rings. The first-order chi connectivity index (χ1) is 26.1. The summed E-state index contributed by atoms with van der Waals surface area (Å²) in [7, 11) is -4.32. The number of rotatable bonds is 16. The third-order valence-electron chi connectivity index (χ3n) is 8.88. The van der Waals surface area contributed by atoms with E-state index in [0.29, 0.717) is 18.4 Å². The van der Waals surface area contributed by atoms with Crippen LogP contribution in [0.1, 0.15) is 98.2 Å². The van der Waals surface area contributed by atoms with Crippen molar-refractivity contribution in [3.63, 3.8) is 0 Å². The summed E-state index contributed by atoms with van der Waals surface area (Å²) >= 11 is 0. The maximum absolute atomic E-state index is 15.0. The lowest BCUT2D eigenvalue weighted by molar-refractivity contribution is -0.153. The van der Waals surface area contributed by atoms with Crippen molar-refractivity contribution in [3.8, 4) is 0 Å². The molecule has 1 aromatic carbocycles. The quantitative estimate of drug-likeness (QED) is 0.163. The van der Waals surface area contributed by atoms with Gasteiger partial charge in [0.25, 0.3) is 5.91 Å². The average molecular weight is 806 g/mol. The lowest BCUT2D eigenvalue weighted by Gasteiger charge is -2.39. The number of aromatic nitrogens is 2. The van der Waals surface area contributed by atoms with E-state index < -0.39 is 86.7 Å². The molecule has 1 fully saturated rings. The second-order valence-corrected chi connectivity index (χ2v) is 18.3. The summed E-state index contributed by atoms with van der Waals surface area (Å²) in [4.78, 5) is 72.7. The van der Waals surface area contributed by atoms with E-state index in [4.69, 9.17) is 19.9 Å². The maximum atomic E-state index is 15.0. The molecule has 4 atom stereocenters. The number of alkyl carbamates (subject to hydrolysis) is 1. The van der Waals surface area contributed by atoms with E-state index in [1.165, 1.54) is 19.4 Å². The number of ether oxygens (including phenoxy) is 3. The van der Waals surface area contributed by atoms with Gasteiger partial charge in [0, 0.05) is 19.0 Å². The van der Waals surface area contributed by atoms with Crippen molar-refractivity contribution in [1.82, 2.24) is 19.8 Å². The molecule has 17 heteroatoms. The highest BCUT2D eigenvalue weighted by Gasteiger charge is 2.43. The number of imide groups is 1. The number of benzene rings is 1. The predicted octanol–water partition coefficient (Wildman–Crippen LogP) is 3.71. The van der Waals surface area contributed by atoms with Crippen molar-refractivity contribution >= 4 is 39.8 Å². The average Bonchev–Trinajstić information content (AvgIpc) is 3.55. The number of amides is 3. The van der Waals surface area contributed by atoms with Gasteiger partial charge in [0.1, 0.15) is 29.3 Å². The molecule has 0 spiro atoms. The third kappa shape index (κ3) is 15.3. The molecule has 0 saturated heterocycles. The molecule has 4 N–H and O–H groups in total. The summed E-state index contributed by atoms with van der Waals surface area (Å²) < 4.78 is 43.3. The van der Waals surface area contributed by atoms with Gasteiger partial charge in [-0.3, -0.25) is 19.3 Å². The van der Waals surface area contributed by atoms with Gasteiger partial charge in [-0.15, -0.1) is 0 Å². The van der Waals surface area contributed by atoms with Gasteiger partial charge in [-0.25, -0.2) is 27.6 Å². The number of imidazole rings is 1. The van der Waals surface area contributed by atoms with Gasteiger partial charge in [0.15, 0.2) is 9.84 Å². The molecule has 1 aromatic heterocycles. The van der Waals surface area contributed by atoms with Crippen molar-refractivity contribution in [3.05, 3.63) is 54.1 Å². The molecule has 1 aliphatic carbocycles. The van der Waals surface area contributed by atoms with E-state index >= 15 is 0 Å². The second-order valence-electron chi connectivity index (χ2n) is 16.2. The van der Waals surface area contributed by atoms with Gasteiger partial charge in [-0.05, 0) is 66.4 Å². The number of nitrogens with two attached hydrogens (primary N) is 1. The molecule has 2 aromatic rings. The summed E-state index contributed by atoms with van der Waals surface area (Å²) in [5.41, 5.74) is 5.61. The number of carbonyl (C=O) groups excluding carboxylic acids is 5. The molecular formula is C39H59N5O11S. The monoisotopic (exact) mass is 805 g/mol. The Morgan fingerprint density at radius 2 is 1.59 bits per heavy atom. The van der Waals surface area contributed by atoms with Crippen LogP contribution in [0.3, 0.4) is 0 Å². The Hall–Kier alpha value is -4.35. The highest BCUT2D eigenvalue weighted by molar-refractivity contribution is 7.92. The molecule has 1 heterocycles. The molecule has 56 heavy (non-hydrogen) atoms. The minimum atomic E-state index is -4.32. The Bertz CT molecular complexity index is 1750. The van der Waals surface area contributed by atoms with E-state index in [1.807, 2.05) is 0 Å². The number of nitrogens with one attached hydrogen (secondary N) is 1. The van der Waals surface area contributed by atoms with Crippen LogP contribution in [0.2, 0.25) is 0 Å². The Morgan fingerprint density at radius 3 is 2.18 bits per heavy atom. The van der Waals surface area contributed by atoms with Crippen LogP contribution in [0.5, 0.6) is 0 Å². The Balaban J connectivity index is 2.12. The van der Waals surface area contributed by atoms with E-state index in [1.54, 1.807) is 71.9 Å². The SMILES string of the molecule is CCOC(=O)CS(=O)(=O)C[C@H](O)[C@H](CC1CCCCC1)N(C(=O)[C@H](Cc1ccccc1)NC(=O)OC(C)(C)C)C(=O)[C@@H](N)Cc1cn(C(=O)OC(C)(C)C)cn1. The van der Waals surface area contributed by atoms with Crippen LogP contribution >= 0.6 is 0 Å². The first-order valence-electron chi connectivity index (χ1n) is 19.0. The number of aliphatic hydroxyl groups is 1. The zero-order valence-corrected chi connectivity index (χ0v) is 34.4. The van der Waals surface area contributed by atoms with Crippen LogP contribution in [-0.2, 0) is 51.3 Å². The number of sulfone groups is 1. The van der Waals surface area contributed by atoms with Crippen LogP contribution in [0, 0.1) is 5.92 Å². The number of hydrogen-bond acceptors (Lipinski definition) is 13. The normalized spacial score (nSPS) is 16.2. The zero-order chi connectivity index (χ0) is 41.8. The fourth-order valence-electron chi connectivity index (χ4n) is 6.49. The van der Waals surface area contributed by atoms with E-state index in [9.17, 15) is 37.5 Å². The molecule has 3 amide bonds. The van der Waals surface area contributed by atoms with Gasteiger partial charge in [0.05, 0.1) is 36.2 Å². The van der Waals surface area contributed by atoms with Crippen molar-refractivity contribution in [1.29, 1.82) is 0 Å². The standard InChI is InChI=1S/C39H59N5O11S/c1-8-53-33(46)24-56(51,52)23-32(45)31(20-27-17-13-10-14-18-27)44(34(47)29(40)21-28-22-43(25-41-28)37(50)55-39(5,6)7)35(48)30(19-26-15-11-9-12-16-26)42-36(49)54-38(2,3)4/h9,11-12,15-16,22,25,27,29-32,45H,8,10,13-14,17-21,23-24,40H2,1-7H3,(H,42,49)/t29-,30-,31-,32-/m0/s1. The molecule has 0 radical (unpaired) electrons. The van der Waals surface area contributed by atoms with Crippen molar-refractivity contribution in [2.45, 2.75) is 135 Å². The highest BCUT2D eigenvalue weighted by atomic mass is 32.2. The van der Waals surface area contributed by atoms with Crippen molar-refractivity contribution in [2.75, 3.05) is 18.1 Å². The summed E-state index contributed by atoms with van der Waals surface area (Å²) in [5.74, 6) is -5.04. The van der Waals surface area contributed by atoms with Crippen LogP contribution in [0.4, 0.5) is 9.59 Å². The number of carbonyl (C=O) groups is 5. The summed E-state index contributed by atoms with van der Waals surface area (Å²) in [6.07, 6.45) is 2.75. The zero-order valence-electron chi connectivity index (χ0n) is 33.6. The number of nitrogens with zero attached hydrogens (tertiary/aromatic N) is 3.